The number of phenols is 1. The molecule has 1 aromatic rings. The van der Waals surface area contributed by atoms with Crippen LogP contribution in [0.15, 0.2) is 24.3 Å². The molecule has 80 valence electrons. The first-order valence-corrected chi connectivity index (χ1v) is 5.75. The normalized spacial score (nSPS) is 10.8. The lowest BCUT2D eigenvalue weighted by atomic mass is 10.2. The van der Waals surface area contributed by atoms with Crippen molar-refractivity contribution in [2.24, 2.45) is 0 Å². The van der Waals surface area contributed by atoms with Gasteiger partial charge in [-0.15, -0.1) is 0 Å². The SMILES string of the molecule is CC(=O)SCC=Cc1cccc(Cl)c1O. The van der Waals surface area contributed by atoms with Gasteiger partial charge in [0.05, 0.1) is 5.02 Å². The molecule has 0 saturated carbocycles. The third-order valence-corrected chi connectivity index (χ3v) is 2.77. The van der Waals surface area contributed by atoms with Crippen LogP contribution >= 0.6 is 23.4 Å². The summed E-state index contributed by atoms with van der Waals surface area (Å²) in [6.45, 7) is 1.52. The van der Waals surface area contributed by atoms with E-state index in [9.17, 15) is 9.90 Å². The minimum absolute atomic E-state index is 0.0724. The van der Waals surface area contributed by atoms with Crippen molar-refractivity contribution in [2.75, 3.05) is 5.75 Å². The van der Waals surface area contributed by atoms with Gasteiger partial charge in [0.1, 0.15) is 5.75 Å². The number of rotatable bonds is 3. The molecule has 0 radical (unpaired) electrons. The lowest BCUT2D eigenvalue weighted by Crippen LogP contribution is -1.82. The second kappa shape index (κ2) is 5.83. The van der Waals surface area contributed by atoms with Crippen LogP contribution in [0.5, 0.6) is 5.75 Å². The third-order valence-electron chi connectivity index (χ3n) is 1.70. The van der Waals surface area contributed by atoms with Crippen LogP contribution in [0, 0.1) is 0 Å². The Labute approximate surface area is 97.9 Å². The van der Waals surface area contributed by atoms with Gasteiger partial charge in [0.2, 0.25) is 0 Å². The Morgan fingerprint density at radius 1 is 1.60 bits per heavy atom. The number of para-hydroxylation sites is 1. The number of halogens is 1. The Morgan fingerprint density at radius 2 is 2.33 bits per heavy atom. The zero-order valence-corrected chi connectivity index (χ0v) is 9.81. The molecule has 4 heteroatoms. The number of thioether (sulfide) groups is 1. The molecule has 0 unspecified atom stereocenters. The average molecular weight is 243 g/mol. The summed E-state index contributed by atoms with van der Waals surface area (Å²) in [5.74, 6) is 0.671. The van der Waals surface area contributed by atoms with E-state index in [1.165, 1.54) is 18.7 Å². The van der Waals surface area contributed by atoms with Crippen LogP contribution in [0.3, 0.4) is 0 Å². The van der Waals surface area contributed by atoms with Crippen LogP contribution in [0.4, 0.5) is 0 Å². The van der Waals surface area contributed by atoms with E-state index >= 15 is 0 Å². The van der Waals surface area contributed by atoms with Crippen LogP contribution in [0.2, 0.25) is 5.02 Å². The molecule has 0 saturated heterocycles. The van der Waals surface area contributed by atoms with Crippen molar-refractivity contribution >= 4 is 34.6 Å². The number of aromatic hydroxyl groups is 1. The Hall–Kier alpha value is -0.930. The molecule has 0 aliphatic heterocycles. The molecular formula is C11H11ClO2S. The van der Waals surface area contributed by atoms with Gasteiger partial charge in [-0.2, -0.15) is 0 Å². The molecule has 0 aliphatic carbocycles. The van der Waals surface area contributed by atoms with Gasteiger partial charge in [0.25, 0.3) is 0 Å². The van der Waals surface area contributed by atoms with Crippen LogP contribution in [-0.4, -0.2) is 16.0 Å². The molecule has 15 heavy (non-hydrogen) atoms. The second-order valence-electron chi connectivity index (χ2n) is 2.88. The molecule has 0 heterocycles. The van der Waals surface area contributed by atoms with Gasteiger partial charge in [-0.1, -0.05) is 47.6 Å². The largest absolute Gasteiger partial charge is 0.506 e. The van der Waals surface area contributed by atoms with Crippen LogP contribution in [0.25, 0.3) is 6.08 Å². The number of benzene rings is 1. The van der Waals surface area contributed by atoms with Gasteiger partial charge in [0, 0.05) is 18.2 Å². The molecule has 0 aromatic heterocycles. The van der Waals surface area contributed by atoms with Crippen LogP contribution < -0.4 is 0 Å². The first-order valence-electron chi connectivity index (χ1n) is 4.38. The van der Waals surface area contributed by atoms with Gasteiger partial charge in [-0.25, -0.2) is 0 Å². The zero-order chi connectivity index (χ0) is 11.3. The minimum atomic E-state index is 0.0724. The molecule has 1 rings (SSSR count). The summed E-state index contributed by atoms with van der Waals surface area (Å²) in [6, 6.07) is 5.15. The van der Waals surface area contributed by atoms with Gasteiger partial charge in [-0.3, -0.25) is 4.79 Å². The first kappa shape index (κ1) is 12.1. The van der Waals surface area contributed by atoms with Crippen LogP contribution in [0.1, 0.15) is 12.5 Å². The van der Waals surface area contributed by atoms with Crippen molar-refractivity contribution < 1.29 is 9.90 Å². The summed E-state index contributed by atoms with van der Waals surface area (Å²) in [5.41, 5.74) is 0.659. The van der Waals surface area contributed by atoms with E-state index < -0.39 is 0 Å². The van der Waals surface area contributed by atoms with Gasteiger partial charge in [-0.05, 0) is 6.07 Å². The maximum atomic E-state index is 10.6. The van der Waals surface area contributed by atoms with Gasteiger partial charge < -0.3 is 5.11 Å². The van der Waals surface area contributed by atoms with Crippen molar-refractivity contribution in [2.45, 2.75) is 6.92 Å². The third kappa shape index (κ3) is 3.98. The number of phenolic OH excluding ortho intramolecular Hbond substituents is 1. The molecular weight excluding hydrogens is 232 g/mol. The summed E-state index contributed by atoms with van der Waals surface area (Å²) in [7, 11) is 0. The van der Waals surface area contributed by atoms with E-state index in [2.05, 4.69) is 0 Å². The predicted molar refractivity (Wildman–Crippen MR) is 65.3 cm³/mol. The fourth-order valence-corrected chi connectivity index (χ4v) is 1.62. The van der Waals surface area contributed by atoms with E-state index in [1.807, 2.05) is 6.08 Å². The highest BCUT2D eigenvalue weighted by Crippen LogP contribution is 2.27. The molecule has 0 amide bonds. The van der Waals surface area contributed by atoms with Crippen molar-refractivity contribution in [3.8, 4) is 5.75 Å². The zero-order valence-electron chi connectivity index (χ0n) is 8.24. The average Bonchev–Trinajstić information content (AvgIpc) is 2.18. The molecule has 1 N–H and O–H groups in total. The molecule has 2 nitrogen and oxygen atoms in total. The number of carbonyl (C=O) groups excluding carboxylic acids is 1. The number of hydrogen-bond acceptors (Lipinski definition) is 3. The molecule has 1 aromatic carbocycles. The monoisotopic (exact) mass is 242 g/mol. The maximum Gasteiger partial charge on any atom is 0.186 e. The maximum absolute atomic E-state index is 10.6. The van der Waals surface area contributed by atoms with Crippen molar-refractivity contribution in [3.63, 3.8) is 0 Å². The Kier molecular flexibility index (Phi) is 4.72. The highest BCUT2D eigenvalue weighted by molar-refractivity contribution is 8.13. The van der Waals surface area contributed by atoms with Gasteiger partial charge >= 0.3 is 0 Å². The summed E-state index contributed by atoms with van der Waals surface area (Å²) < 4.78 is 0. The van der Waals surface area contributed by atoms with Crippen LogP contribution in [-0.2, 0) is 4.79 Å². The summed E-state index contributed by atoms with van der Waals surface area (Å²) >= 11 is 6.95. The lowest BCUT2D eigenvalue weighted by Gasteiger charge is -2.00. The van der Waals surface area contributed by atoms with E-state index in [-0.39, 0.29) is 10.9 Å². The predicted octanol–water partition coefficient (Wildman–Crippen LogP) is 3.34. The smallest absolute Gasteiger partial charge is 0.186 e. The summed E-state index contributed by atoms with van der Waals surface area (Å²) in [4.78, 5) is 10.6. The lowest BCUT2D eigenvalue weighted by molar-refractivity contribution is -0.109. The Morgan fingerprint density at radius 3 is 3.00 bits per heavy atom. The molecule has 0 fully saturated rings. The summed E-state index contributed by atoms with van der Waals surface area (Å²) in [6.07, 6.45) is 3.56. The Bertz CT molecular complexity index is 388. The standard InChI is InChI=1S/C11H11ClO2S/c1-8(13)15-7-3-5-9-4-2-6-10(12)11(9)14/h2-6,14H,7H2,1H3. The summed E-state index contributed by atoms with van der Waals surface area (Å²) in [5, 5.41) is 9.96. The van der Waals surface area contributed by atoms with Crippen molar-refractivity contribution in [1.82, 2.24) is 0 Å². The highest BCUT2D eigenvalue weighted by Gasteiger charge is 2.00. The fourth-order valence-electron chi connectivity index (χ4n) is 1.01. The van der Waals surface area contributed by atoms with Crippen molar-refractivity contribution in [3.05, 3.63) is 34.9 Å². The highest BCUT2D eigenvalue weighted by atomic mass is 35.5. The molecule has 0 spiro atoms. The Balaban J connectivity index is 2.64. The van der Waals surface area contributed by atoms with E-state index in [0.717, 1.165) is 0 Å². The van der Waals surface area contributed by atoms with E-state index in [1.54, 1.807) is 24.3 Å². The van der Waals surface area contributed by atoms with Gasteiger partial charge in [0.15, 0.2) is 5.12 Å². The molecule has 0 aliphatic rings. The minimum Gasteiger partial charge on any atom is -0.506 e. The van der Waals surface area contributed by atoms with E-state index in [4.69, 9.17) is 11.6 Å². The quantitative estimate of drug-likeness (QED) is 0.883. The van der Waals surface area contributed by atoms with E-state index in [0.29, 0.717) is 16.3 Å². The second-order valence-corrected chi connectivity index (χ2v) is 4.49. The number of hydrogen-bond donors (Lipinski definition) is 1. The topological polar surface area (TPSA) is 37.3 Å². The molecule has 0 bridgehead atoms. The first-order chi connectivity index (χ1) is 7.11. The van der Waals surface area contributed by atoms with Crippen molar-refractivity contribution in [1.29, 1.82) is 0 Å². The fraction of sp³-hybridized carbons (Fsp3) is 0.182. The number of carbonyl (C=O) groups is 1. The molecule has 0 atom stereocenters.